The summed E-state index contributed by atoms with van der Waals surface area (Å²) in [5.41, 5.74) is 1.26. The molecule has 0 saturated carbocycles. The van der Waals surface area contributed by atoms with Crippen LogP contribution in [0.4, 0.5) is 0 Å². The Morgan fingerprint density at radius 3 is 2.48 bits per heavy atom. The number of halogens is 1. The first-order chi connectivity index (χ1) is 10.2. The summed E-state index contributed by atoms with van der Waals surface area (Å²) in [5, 5.41) is 8.19. The number of rotatable bonds is 11. The molecule has 0 amide bonds. The van der Waals surface area contributed by atoms with E-state index < -0.39 is 0 Å². The first-order valence-corrected chi connectivity index (χ1v) is 8.92. The van der Waals surface area contributed by atoms with Crippen LogP contribution in [0.1, 0.15) is 58.2 Å². The van der Waals surface area contributed by atoms with Crippen molar-refractivity contribution in [3.05, 3.63) is 16.4 Å². The third kappa shape index (κ3) is 5.38. The maximum atomic E-state index is 5.21. The van der Waals surface area contributed by atoms with E-state index in [1.54, 1.807) is 7.11 Å². The summed E-state index contributed by atoms with van der Waals surface area (Å²) in [4.78, 5) is 0. The summed E-state index contributed by atoms with van der Waals surface area (Å²) in [6, 6.07) is 0.351. The Bertz CT molecular complexity index is 389. The van der Waals surface area contributed by atoms with Gasteiger partial charge < -0.3 is 10.1 Å². The highest BCUT2D eigenvalue weighted by atomic mass is 79.9. The van der Waals surface area contributed by atoms with E-state index in [2.05, 4.69) is 51.8 Å². The molecule has 0 spiro atoms. The Balaban J connectivity index is 3.04. The van der Waals surface area contributed by atoms with Crippen LogP contribution >= 0.6 is 15.9 Å². The molecule has 0 bridgehead atoms. The Morgan fingerprint density at radius 2 is 1.95 bits per heavy atom. The van der Waals surface area contributed by atoms with Crippen LogP contribution in [0, 0.1) is 5.92 Å². The van der Waals surface area contributed by atoms with Gasteiger partial charge in [0, 0.05) is 7.11 Å². The fraction of sp³-hybridized carbons (Fsp3) is 0.812. The van der Waals surface area contributed by atoms with E-state index in [0.29, 0.717) is 18.6 Å². The molecule has 0 radical (unpaired) electrons. The standard InChI is InChI=1S/C16H30BrN3O/c1-5-8-13(9-6-2)15(18-7-3)16-14(17)12-19-20(16)10-11-21-4/h12-13,15,18H,5-11H2,1-4H3. The third-order valence-corrected chi connectivity index (χ3v) is 4.46. The van der Waals surface area contributed by atoms with Crippen LogP contribution in [0.3, 0.4) is 0 Å². The van der Waals surface area contributed by atoms with Gasteiger partial charge in [-0.05, 0) is 41.2 Å². The molecule has 1 aromatic heterocycles. The molecule has 0 aliphatic rings. The molecule has 0 aliphatic heterocycles. The lowest BCUT2D eigenvalue weighted by Crippen LogP contribution is -2.31. The molecule has 1 atom stereocenters. The van der Waals surface area contributed by atoms with Crippen molar-refractivity contribution in [1.82, 2.24) is 15.1 Å². The molecule has 1 rings (SSSR count). The Hall–Kier alpha value is -0.390. The fourth-order valence-electron chi connectivity index (χ4n) is 2.96. The minimum absolute atomic E-state index is 0.351. The largest absolute Gasteiger partial charge is 0.383 e. The van der Waals surface area contributed by atoms with Gasteiger partial charge in [-0.1, -0.05) is 33.6 Å². The van der Waals surface area contributed by atoms with Gasteiger partial charge in [-0.25, -0.2) is 0 Å². The van der Waals surface area contributed by atoms with E-state index in [1.165, 1.54) is 31.4 Å². The van der Waals surface area contributed by atoms with Crippen molar-refractivity contribution < 1.29 is 4.74 Å². The summed E-state index contributed by atoms with van der Waals surface area (Å²) in [5.74, 6) is 0.647. The molecule has 4 nitrogen and oxygen atoms in total. The molecule has 1 unspecified atom stereocenters. The van der Waals surface area contributed by atoms with Crippen molar-refractivity contribution in [2.45, 2.75) is 59.0 Å². The van der Waals surface area contributed by atoms with Gasteiger partial charge in [0.2, 0.25) is 0 Å². The number of ether oxygens (including phenoxy) is 1. The molecule has 122 valence electrons. The maximum Gasteiger partial charge on any atom is 0.0699 e. The van der Waals surface area contributed by atoms with Crippen molar-refractivity contribution in [1.29, 1.82) is 0 Å². The predicted octanol–water partition coefficient (Wildman–Crippen LogP) is 4.16. The summed E-state index contributed by atoms with van der Waals surface area (Å²) in [7, 11) is 1.73. The minimum Gasteiger partial charge on any atom is -0.383 e. The van der Waals surface area contributed by atoms with Crippen molar-refractivity contribution in [2.75, 3.05) is 20.3 Å². The van der Waals surface area contributed by atoms with Crippen molar-refractivity contribution in [3.63, 3.8) is 0 Å². The van der Waals surface area contributed by atoms with Gasteiger partial charge in [-0.3, -0.25) is 4.68 Å². The Labute approximate surface area is 137 Å². The number of methoxy groups -OCH3 is 1. The van der Waals surface area contributed by atoms with Crippen molar-refractivity contribution in [2.24, 2.45) is 5.92 Å². The number of nitrogens with zero attached hydrogens (tertiary/aromatic N) is 2. The normalized spacial score (nSPS) is 13.0. The predicted molar refractivity (Wildman–Crippen MR) is 91.5 cm³/mol. The number of aromatic nitrogens is 2. The lowest BCUT2D eigenvalue weighted by Gasteiger charge is -2.29. The quantitative estimate of drug-likeness (QED) is 0.644. The molecular weight excluding hydrogens is 330 g/mol. The molecule has 21 heavy (non-hydrogen) atoms. The van der Waals surface area contributed by atoms with Crippen molar-refractivity contribution in [3.8, 4) is 0 Å². The van der Waals surface area contributed by atoms with Crippen LogP contribution in [-0.2, 0) is 11.3 Å². The van der Waals surface area contributed by atoms with Crippen LogP contribution in [0.25, 0.3) is 0 Å². The van der Waals surface area contributed by atoms with E-state index in [0.717, 1.165) is 17.6 Å². The smallest absolute Gasteiger partial charge is 0.0699 e. The highest BCUT2D eigenvalue weighted by Crippen LogP contribution is 2.33. The number of hydrogen-bond acceptors (Lipinski definition) is 3. The molecule has 0 saturated heterocycles. The Morgan fingerprint density at radius 1 is 1.29 bits per heavy atom. The Kier molecular flexibility index (Phi) is 9.20. The number of nitrogens with one attached hydrogen (secondary N) is 1. The zero-order chi connectivity index (χ0) is 15.7. The summed E-state index contributed by atoms with van der Waals surface area (Å²) >= 11 is 3.69. The van der Waals surface area contributed by atoms with Gasteiger partial charge in [-0.15, -0.1) is 0 Å². The molecular formula is C16H30BrN3O. The van der Waals surface area contributed by atoms with E-state index in [1.807, 2.05) is 6.20 Å². The van der Waals surface area contributed by atoms with Gasteiger partial charge in [0.05, 0.1) is 35.6 Å². The first kappa shape index (κ1) is 18.7. The molecule has 1 N–H and O–H groups in total. The molecule has 0 aliphatic carbocycles. The lowest BCUT2D eigenvalue weighted by atomic mass is 9.88. The van der Waals surface area contributed by atoms with Crippen LogP contribution < -0.4 is 5.32 Å². The van der Waals surface area contributed by atoms with Crippen LogP contribution in [0.15, 0.2) is 10.7 Å². The van der Waals surface area contributed by atoms with Gasteiger partial charge in [-0.2, -0.15) is 5.10 Å². The first-order valence-electron chi connectivity index (χ1n) is 8.12. The van der Waals surface area contributed by atoms with Gasteiger partial charge in [0.25, 0.3) is 0 Å². The average Bonchev–Trinajstić information content (AvgIpc) is 2.83. The van der Waals surface area contributed by atoms with E-state index in [-0.39, 0.29) is 0 Å². The number of hydrogen-bond donors (Lipinski definition) is 1. The summed E-state index contributed by atoms with van der Waals surface area (Å²) in [6.07, 6.45) is 6.83. The van der Waals surface area contributed by atoms with E-state index in [9.17, 15) is 0 Å². The molecule has 0 fully saturated rings. The topological polar surface area (TPSA) is 39.1 Å². The fourth-order valence-corrected chi connectivity index (χ4v) is 3.51. The van der Waals surface area contributed by atoms with E-state index >= 15 is 0 Å². The molecule has 5 heteroatoms. The summed E-state index contributed by atoms with van der Waals surface area (Å²) in [6.45, 7) is 9.16. The van der Waals surface area contributed by atoms with Crippen LogP contribution in [-0.4, -0.2) is 30.0 Å². The third-order valence-electron chi connectivity index (χ3n) is 3.85. The average molecular weight is 360 g/mol. The molecule has 1 aromatic rings. The molecule has 1 heterocycles. The van der Waals surface area contributed by atoms with Crippen LogP contribution in [0.5, 0.6) is 0 Å². The highest BCUT2D eigenvalue weighted by molar-refractivity contribution is 9.10. The maximum absolute atomic E-state index is 5.21. The zero-order valence-electron chi connectivity index (χ0n) is 13.9. The van der Waals surface area contributed by atoms with Gasteiger partial charge in [0.1, 0.15) is 0 Å². The van der Waals surface area contributed by atoms with Gasteiger partial charge in [0.15, 0.2) is 0 Å². The monoisotopic (exact) mass is 359 g/mol. The second-order valence-corrected chi connectivity index (χ2v) is 6.32. The summed E-state index contributed by atoms with van der Waals surface area (Å²) < 4.78 is 8.39. The second kappa shape index (κ2) is 10.4. The van der Waals surface area contributed by atoms with E-state index in [4.69, 9.17) is 4.74 Å². The van der Waals surface area contributed by atoms with Gasteiger partial charge >= 0.3 is 0 Å². The minimum atomic E-state index is 0.351. The SMILES string of the molecule is CCCC(CCC)C(NCC)c1c(Br)cnn1CCOC. The molecule has 0 aromatic carbocycles. The van der Waals surface area contributed by atoms with Crippen molar-refractivity contribution >= 4 is 15.9 Å². The lowest BCUT2D eigenvalue weighted by molar-refractivity contribution is 0.180. The second-order valence-electron chi connectivity index (χ2n) is 5.47. The zero-order valence-corrected chi connectivity index (χ0v) is 15.4. The van der Waals surface area contributed by atoms with Crippen LogP contribution in [0.2, 0.25) is 0 Å². The highest BCUT2D eigenvalue weighted by Gasteiger charge is 2.26.